The molecule has 6 rings (SSSR count). The maximum atomic E-state index is 14.1. The number of fused-ring (bicyclic) bond motifs is 1. The number of methoxy groups -OCH3 is 1. The number of ether oxygens (including phenoxy) is 3. The third-order valence-electron chi connectivity index (χ3n) is 8.32. The maximum Gasteiger partial charge on any atom is 0.409 e. The molecule has 0 N–H and O–H groups in total. The minimum absolute atomic E-state index is 0.105. The number of carbonyl (C=O) groups excluding carboxylic acids is 2. The molecule has 2 aliphatic heterocycles. The molecule has 43 heavy (non-hydrogen) atoms. The summed E-state index contributed by atoms with van der Waals surface area (Å²) in [5, 5.41) is 0. The van der Waals surface area contributed by atoms with E-state index in [2.05, 4.69) is 15.0 Å². The second-order valence-corrected chi connectivity index (χ2v) is 10.9. The summed E-state index contributed by atoms with van der Waals surface area (Å²) in [6.45, 7) is 4.04. The Hall–Kier alpha value is -4.07. The number of benzene rings is 1. The Balaban J connectivity index is 1.18. The largest absolute Gasteiger partial charge is 0.474 e. The van der Waals surface area contributed by atoms with E-state index in [1.807, 2.05) is 9.80 Å². The van der Waals surface area contributed by atoms with E-state index in [1.54, 1.807) is 35.2 Å². The summed E-state index contributed by atoms with van der Waals surface area (Å²) in [5.41, 5.74) is 0.961. The molecule has 0 spiro atoms. The van der Waals surface area contributed by atoms with Crippen molar-refractivity contribution >= 4 is 29.0 Å². The van der Waals surface area contributed by atoms with E-state index in [0.717, 1.165) is 0 Å². The van der Waals surface area contributed by atoms with Gasteiger partial charge in [0.2, 0.25) is 17.7 Å². The van der Waals surface area contributed by atoms with E-state index in [0.29, 0.717) is 95.1 Å². The summed E-state index contributed by atoms with van der Waals surface area (Å²) in [4.78, 5) is 43.9. The van der Waals surface area contributed by atoms with Crippen LogP contribution in [0.3, 0.4) is 0 Å². The number of para-hydroxylation sites is 2. The number of rotatable bonds is 6. The monoisotopic (exact) mass is 599 g/mol. The van der Waals surface area contributed by atoms with Crippen LogP contribution >= 0.6 is 0 Å². The van der Waals surface area contributed by atoms with Crippen molar-refractivity contribution in [2.45, 2.75) is 38.2 Å². The number of imidazole rings is 1. The van der Waals surface area contributed by atoms with E-state index in [9.17, 15) is 18.4 Å². The van der Waals surface area contributed by atoms with E-state index < -0.39 is 12.2 Å². The lowest BCUT2D eigenvalue weighted by molar-refractivity contribution is -0.138. The lowest BCUT2D eigenvalue weighted by atomic mass is 9.86. The molecular formula is C29H35F2N7O5. The summed E-state index contributed by atoms with van der Waals surface area (Å²) in [5.74, 6) is 0.520. The lowest BCUT2D eigenvalue weighted by Gasteiger charge is -2.37. The van der Waals surface area contributed by atoms with Crippen molar-refractivity contribution in [2.75, 3.05) is 64.5 Å². The standard InChI is InChI=1S/C29H35F2N7O5/c1-41-29(40)37-12-10-35(11-13-37)27(39)19-6-8-20(9-7-19)43-24-18-23(33-28(34-24)36-14-16-42-17-15-36)38-22-5-3-2-4-21(22)32-26(38)25(30)31/h2-5,18-20,25H,6-17H2,1H3. The first-order valence-electron chi connectivity index (χ1n) is 14.7. The van der Waals surface area contributed by atoms with Gasteiger partial charge in [0.15, 0.2) is 5.82 Å². The van der Waals surface area contributed by atoms with E-state index in [1.165, 1.54) is 11.7 Å². The van der Waals surface area contributed by atoms with Crippen molar-refractivity contribution in [3.05, 3.63) is 36.2 Å². The molecule has 0 unspecified atom stereocenters. The Kier molecular flexibility index (Phi) is 8.54. The van der Waals surface area contributed by atoms with Crippen LogP contribution in [-0.2, 0) is 14.3 Å². The van der Waals surface area contributed by atoms with Gasteiger partial charge in [0, 0.05) is 51.3 Å². The molecule has 0 bridgehead atoms. The fourth-order valence-corrected chi connectivity index (χ4v) is 6.01. The fourth-order valence-electron chi connectivity index (χ4n) is 6.01. The molecule has 2 saturated heterocycles. The van der Waals surface area contributed by atoms with Crippen LogP contribution in [-0.4, -0.2) is 107 Å². The van der Waals surface area contributed by atoms with E-state index in [-0.39, 0.29) is 35.7 Å². The summed E-state index contributed by atoms with van der Waals surface area (Å²) in [6, 6.07) is 8.54. The third-order valence-corrected chi connectivity index (χ3v) is 8.32. The zero-order chi connectivity index (χ0) is 29.9. The molecule has 3 fully saturated rings. The Labute approximate surface area is 247 Å². The number of alkyl halides is 2. The van der Waals surface area contributed by atoms with Gasteiger partial charge in [-0.05, 0) is 37.8 Å². The van der Waals surface area contributed by atoms with Gasteiger partial charge < -0.3 is 28.9 Å². The molecule has 230 valence electrons. The Morgan fingerprint density at radius 3 is 2.33 bits per heavy atom. The quantitative estimate of drug-likeness (QED) is 0.420. The Bertz CT molecular complexity index is 1450. The highest BCUT2D eigenvalue weighted by Crippen LogP contribution is 2.32. The average Bonchev–Trinajstić information content (AvgIpc) is 3.45. The van der Waals surface area contributed by atoms with Crippen molar-refractivity contribution in [3.63, 3.8) is 0 Å². The molecule has 3 aliphatic rings. The van der Waals surface area contributed by atoms with Crippen molar-refractivity contribution in [2.24, 2.45) is 5.92 Å². The average molecular weight is 600 g/mol. The van der Waals surface area contributed by atoms with Crippen LogP contribution in [0.4, 0.5) is 19.5 Å². The predicted octanol–water partition coefficient (Wildman–Crippen LogP) is 3.44. The van der Waals surface area contributed by atoms with Crippen molar-refractivity contribution in [1.29, 1.82) is 0 Å². The van der Waals surface area contributed by atoms with Crippen LogP contribution in [0.25, 0.3) is 16.9 Å². The number of carbonyl (C=O) groups is 2. The first-order valence-corrected chi connectivity index (χ1v) is 14.7. The molecule has 1 saturated carbocycles. The molecule has 14 heteroatoms. The summed E-state index contributed by atoms with van der Waals surface area (Å²) in [6.07, 6.45) is -0.736. The SMILES string of the molecule is COC(=O)N1CCN(C(=O)C2CCC(Oc3cc(-n4c(C(F)F)nc5ccccc54)nc(N4CCOCC4)n3)CC2)CC1. The molecule has 3 aromatic rings. The number of morpholine rings is 1. The van der Waals surface area contributed by atoms with Crippen LogP contribution in [0.2, 0.25) is 0 Å². The smallest absolute Gasteiger partial charge is 0.409 e. The van der Waals surface area contributed by atoms with Crippen molar-refractivity contribution < 1.29 is 32.6 Å². The normalized spacial score (nSPS) is 21.3. The Morgan fingerprint density at radius 2 is 1.63 bits per heavy atom. The Morgan fingerprint density at radius 1 is 0.930 bits per heavy atom. The van der Waals surface area contributed by atoms with Gasteiger partial charge >= 0.3 is 6.09 Å². The highest BCUT2D eigenvalue weighted by Gasteiger charge is 2.33. The number of hydrogen-bond acceptors (Lipinski definition) is 9. The number of amides is 2. The van der Waals surface area contributed by atoms with Crippen molar-refractivity contribution in [3.8, 4) is 11.7 Å². The number of hydrogen-bond donors (Lipinski definition) is 0. The van der Waals surface area contributed by atoms with Crippen LogP contribution in [0.15, 0.2) is 30.3 Å². The second kappa shape index (κ2) is 12.7. The highest BCUT2D eigenvalue weighted by molar-refractivity contribution is 5.79. The molecule has 1 aromatic carbocycles. The molecule has 12 nitrogen and oxygen atoms in total. The van der Waals surface area contributed by atoms with Crippen LogP contribution in [0.5, 0.6) is 5.88 Å². The molecule has 0 radical (unpaired) electrons. The number of nitrogens with zero attached hydrogens (tertiary/aromatic N) is 7. The van der Waals surface area contributed by atoms with E-state index >= 15 is 0 Å². The molecule has 2 aromatic heterocycles. The van der Waals surface area contributed by atoms with Gasteiger partial charge in [-0.3, -0.25) is 9.36 Å². The number of halogens is 2. The second-order valence-electron chi connectivity index (χ2n) is 10.9. The van der Waals surface area contributed by atoms with Gasteiger partial charge in [0.25, 0.3) is 6.43 Å². The molecule has 4 heterocycles. The highest BCUT2D eigenvalue weighted by atomic mass is 19.3. The number of aromatic nitrogens is 4. The minimum Gasteiger partial charge on any atom is -0.474 e. The first-order chi connectivity index (χ1) is 20.9. The van der Waals surface area contributed by atoms with Crippen LogP contribution in [0, 0.1) is 5.92 Å². The van der Waals surface area contributed by atoms with Crippen LogP contribution < -0.4 is 9.64 Å². The van der Waals surface area contributed by atoms with Gasteiger partial charge in [0.1, 0.15) is 11.9 Å². The van der Waals surface area contributed by atoms with Gasteiger partial charge in [-0.1, -0.05) is 12.1 Å². The lowest BCUT2D eigenvalue weighted by Crippen LogP contribution is -2.52. The summed E-state index contributed by atoms with van der Waals surface area (Å²) >= 11 is 0. The zero-order valence-corrected chi connectivity index (χ0v) is 24.0. The van der Waals surface area contributed by atoms with Gasteiger partial charge in [-0.25, -0.2) is 18.6 Å². The maximum absolute atomic E-state index is 14.1. The molecule has 1 aliphatic carbocycles. The molecular weight excluding hydrogens is 564 g/mol. The van der Waals surface area contributed by atoms with Crippen LogP contribution in [0.1, 0.15) is 37.9 Å². The van der Waals surface area contributed by atoms with Crippen molar-refractivity contribution in [1.82, 2.24) is 29.3 Å². The minimum atomic E-state index is -2.81. The predicted molar refractivity (Wildman–Crippen MR) is 152 cm³/mol. The van der Waals surface area contributed by atoms with Gasteiger partial charge in [-0.15, -0.1) is 0 Å². The zero-order valence-electron chi connectivity index (χ0n) is 24.0. The molecule has 0 atom stereocenters. The topological polar surface area (TPSA) is 115 Å². The first kappa shape index (κ1) is 29.0. The number of anilines is 1. The summed E-state index contributed by atoms with van der Waals surface area (Å²) < 4.78 is 46.3. The van der Waals surface area contributed by atoms with E-state index in [4.69, 9.17) is 14.2 Å². The van der Waals surface area contributed by atoms with Gasteiger partial charge in [0.05, 0.1) is 31.4 Å². The van der Waals surface area contributed by atoms with Gasteiger partial charge in [-0.2, -0.15) is 9.97 Å². The summed E-state index contributed by atoms with van der Waals surface area (Å²) in [7, 11) is 1.35. The fraction of sp³-hybridized carbons (Fsp3) is 0.552. The number of piperazine rings is 1. The molecule has 2 amide bonds. The third kappa shape index (κ3) is 6.19.